The van der Waals surface area contributed by atoms with Gasteiger partial charge in [0.2, 0.25) is 0 Å². The van der Waals surface area contributed by atoms with Crippen molar-refractivity contribution in [2.45, 2.75) is 25.9 Å². The Labute approximate surface area is 95.6 Å². The lowest BCUT2D eigenvalue weighted by Gasteiger charge is -2.36. The van der Waals surface area contributed by atoms with Crippen LogP contribution in [-0.4, -0.2) is 35.8 Å². The molecular weight excluding hydrogens is 204 g/mol. The SMILES string of the molecule is CCC1COCCN1c1nccnc1CN. The lowest BCUT2D eigenvalue weighted by atomic mass is 10.1. The fourth-order valence-electron chi connectivity index (χ4n) is 2.02. The Kier molecular flexibility index (Phi) is 3.69. The molecule has 1 aromatic heterocycles. The van der Waals surface area contributed by atoms with Gasteiger partial charge in [0.1, 0.15) is 0 Å². The molecule has 0 amide bonds. The van der Waals surface area contributed by atoms with E-state index in [-0.39, 0.29) is 0 Å². The topological polar surface area (TPSA) is 64.3 Å². The summed E-state index contributed by atoms with van der Waals surface area (Å²) in [6, 6.07) is 0.385. The van der Waals surface area contributed by atoms with Gasteiger partial charge in [-0.05, 0) is 6.42 Å². The van der Waals surface area contributed by atoms with Crippen LogP contribution in [0, 0.1) is 0 Å². The van der Waals surface area contributed by atoms with Crippen LogP contribution in [0.15, 0.2) is 12.4 Å². The highest BCUT2D eigenvalue weighted by Crippen LogP contribution is 2.21. The molecule has 0 aromatic carbocycles. The average molecular weight is 222 g/mol. The third-order valence-electron chi connectivity index (χ3n) is 2.92. The predicted molar refractivity (Wildman–Crippen MR) is 62.2 cm³/mol. The van der Waals surface area contributed by atoms with Crippen molar-refractivity contribution in [3.63, 3.8) is 0 Å². The van der Waals surface area contributed by atoms with E-state index in [1.807, 2.05) is 0 Å². The monoisotopic (exact) mass is 222 g/mol. The smallest absolute Gasteiger partial charge is 0.152 e. The van der Waals surface area contributed by atoms with Gasteiger partial charge in [-0.1, -0.05) is 6.92 Å². The first-order chi connectivity index (χ1) is 7.86. The Balaban J connectivity index is 2.26. The molecule has 88 valence electrons. The highest BCUT2D eigenvalue weighted by atomic mass is 16.5. The summed E-state index contributed by atoms with van der Waals surface area (Å²) in [5.41, 5.74) is 6.55. The van der Waals surface area contributed by atoms with E-state index in [1.165, 1.54) is 0 Å². The normalized spacial score (nSPS) is 21.1. The third-order valence-corrected chi connectivity index (χ3v) is 2.92. The Bertz CT molecular complexity index is 345. The molecule has 0 aliphatic carbocycles. The largest absolute Gasteiger partial charge is 0.377 e. The molecule has 2 heterocycles. The van der Waals surface area contributed by atoms with Crippen LogP contribution in [0.2, 0.25) is 0 Å². The minimum Gasteiger partial charge on any atom is -0.377 e. The highest BCUT2D eigenvalue weighted by molar-refractivity contribution is 5.44. The van der Waals surface area contributed by atoms with E-state index in [4.69, 9.17) is 10.5 Å². The average Bonchev–Trinajstić information content (AvgIpc) is 2.38. The van der Waals surface area contributed by atoms with Crippen molar-refractivity contribution in [1.29, 1.82) is 0 Å². The van der Waals surface area contributed by atoms with Crippen molar-refractivity contribution >= 4 is 5.82 Å². The van der Waals surface area contributed by atoms with E-state index < -0.39 is 0 Å². The molecule has 1 aliphatic heterocycles. The van der Waals surface area contributed by atoms with Crippen LogP contribution in [0.1, 0.15) is 19.0 Å². The van der Waals surface area contributed by atoms with E-state index in [1.54, 1.807) is 12.4 Å². The lowest BCUT2D eigenvalue weighted by Crippen LogP contribution is -2.46. The summed E-state index contributed by atoms with van der Waals surface area (Å²) in [5, 5.41) is 0. The Morgan fingerprint density at radius 1 is 1.50 bits per heavy atom. The zero-order valence-electron chi connectivity index (χ0n) is 9.59. The minimum absolute atomic E-state index is 0.385. The van der Waals surface area contributed by atoms with E-state index in [0.29, 0.717) is 12.6 Å². The van der Waals surface area contributed by atoms with Gasteiger partial charge in [-0.2, -0.15) is 0 Å². The summed E-state index contributed by atoms with van der Waals surface area (Å²) < 4.78 is 5.48. The molecule has 0 radical (unpaired) electrons. The van der Waals surface area contributed by atoms with Gasteiger partial charge in [0, 0.05) is 25.5 Å². The molecule has 16 heavy (non-hydrogen) atoms. The Morgan fingerprint density at radius 3 is 3.06 bits per heavy atom. The number of hydrogen-bond acceptors (Lipinski definition) is 5. The molecule has 2 N–H and O–H groups in total. The van der Waals surface area contributed by atoms with Gasteiger partial charge >= 0.3 is 0 Å². The van der Waals surface area contributed by atoms with Gasteiger partial charge in [0.15, 0.2) is 5.82 Å². The molecule has 1 aliphatic rings. The van der Waals surface area contributed by atoms with E-state index >= 15 is 0 Å². The second kappa shape index (κ2) is 5.23. The maximum absolute atomic E-state index is 5.68. The van der Waals surface area contributed by atoms with Crippen molar-refractivity contribution in [3.8, 4) is 0 Å². The fourth-order valence-corrected chi connectivity index (χ4v) is 2.02. The lowest BCUT2D eigenvalue weighted by molar-refractivity contribution is 0.0924. The molecule has 1 atom stereocenters. The van der Waals surface area contributed by atoms with Crippen molar-refractivity contribution in [2.75, 3.05) is 24.7 Å². The maximum atomic E-state index is 5.68. The molecule has 1 unspecified atom stereocenters. The van der Waals surface area contributed by atoms with Crippen molar-refractivity contribution in [1.82, 2.24) is 9.97 Å². The molecule has 5 nitrogen and oxygen atoms in total. The zero-order valence-corrected chi connectivity index (χ0v) is 9.59. The first-order valence-corrected chi connectivity index (χ1v) is 5.71. The highest BCUT2D eigenvalue weighted by Gasteiger charge is 2.24. The molecule has 0 spiro atoms. The quantitative estimate of drug-likeness (QED) is 0.809. The number of rotatable bonds is 3. The number of hydrogen-bond donors (Lipinski definition) is 1. The zero-order chi connectivity index (χ0) is 11.4. The summed E-state index contributed by atoms with van der Waals surface area (Å²) in [5.74, 6) is 0.917. The van der Waals surface area contributed by atoms with Gasteiger partial charge in [-0.25, -0.2) is 4.98 Å². The van der Waals surface area contributed by atoms with Crippen LogP contribution in [0.4, 0.5) is 5.82 Å². The molecule has 1 fully saturated rings. The summed E-state index contributed by atoms with van der Waals surface area (Å²) in [6.07, 6.45) is 4.45. The van der Waals surface area contributed by atoms with E-state index in [0.717, 1.165) is 37.7 Å². The van der Waals surface area contributed by atoms with Crippen LogP contribution in [-0.2, 0) is 11.3 Å². The fraction of sp³-hybridized carbons (Fsp3) is 0.636. The van der Waals surface area contributed by atoms with E-state index in [9.17, 15) is 0 Å². The number of aromatic nitrogens is 2. The first kappa shape index (κ1) is 11.3. The third kappa shape index (κ3) is 2.15. The minimum atomic E-state index is 0.385. The summed E-state index contributed by atoms with van der Waals surface area (Å²) in [6.45, 7) is 4.96. The number of morpholine rings is 1. The van der Waals surface area contributed by atoms with Gasteiger partial charge in [-0.15, -0.1) is 0 Å². The van der Waals surface area contributed by atoms with Gasteiger partial charge in [0.05, 0.1) is 24.9 Å². The Morgan fingerprint density at radius 2 is 2.31 bits per heavy atom. The summed E-state index contributed by atoms with van der Waals surface area (Å²) in [7, 11) is 0. The second-order valence-electron chi connectivity index (χ2n) is 3.86. The number of ether oxygens (including phenoxy) is 1. The van der Waals surface area contributed by atoms with E-state index in [2.05, 4.69) is 21.8 Å². The first-order valence-electron chi connectivity index (χ1n) is 5.71. The van der Waals surface area contributed by atoms with Crippen LogP contribution < -0.4 is 10.6 Å². The summed E-state index contributed by atoms with van der Waals surface area (Å²) in [4.78, 5) is 10.9. The van der Waals surface area contributed by atoms with Crippen molar-refractivity contribution in [2.24, 2.45) is 5.73 Å². The summed E-state index contributed by atoms with van der Waals surface area (Å²) >= 11 is 0. The molecule has 5 heteroatoms. The molecule has 1 aromatic rings. The van der Waals surface area contributed by atoms with Crippen LogP contribution in [0.5, 0.6) is 0 Å². The van der Waals surface area contributed by atoms with Crippen molar-refractivity contribution < 1.29 is 4.74 Å². The standard InChI is InChI=1S/C11H18N4O/c1-2-9-8-16-6-5-15(9)11-10(7-12)13-3-4-14-11/h3-4,9H,2,5-8,12H2,1H3. The Hall–Kier alpha value is -1.20. The number of nitrogens with zero attached hydrogens (tertiary/aromatic N) is 3. The van der Waals surface area contributed by atoms with Crippen molar-refractivity contribution in [3.05, 3.63) is 18.1 Å². The van der Waals surface area contributed by atoms with Crippen LogP contribution in [0.25, 0.3) is 0 Å². The molecule has 2 rings (SSSR count). The van der Waals surface area contributed by atoms with Crippen LogP contribution in [0.3, 0.4) is 0 Å². The number of nitrogens with two attached hydrogens (primary N) is 1. The van der Waals surface area contributed by atoms with Gasteiger partial charge < -0.3 is 15.4 Å². The molecular formula is C11H18N4O. The van der Waals surface area contributed by atoms with Crippen LogP contribution >= 0.6 is 0 Å². The number of anilines is 1. The molecule has 0 bridgehead atoms. The molecule has 1 saturated heterocycles. The molecule has 0 saturated carbocycles. The van der Waals surface area contributed by atoms with Gasteiger partial charge in [-0.3, -0.25) is 4.98 Å². The van der Waals surface area contributed by atoms with Gasteiger partial charge in [0.25, 0.3) is 0 Å². The maximum Gasteiger partial charge on any atom is 0.152 e. The predicted octanol–water partition coefficient (Wildman–Crippen LogP) is 0.551. The second-order valence-corrected chi connectivity index (χ2v) is 3.86.